The van der Waals surface area contributed by atoms with Gasteiger partial charge in [-0.05, 0) is 47.3 Å². The lowest BCUT2D eigenvalue weighted by molar-refractivity contribution is 0.339. The van der Waals surface area contributed by atoms with Gasteiger partial charge in [0.2, 0.25) is 0 Å². The van der Waals surface area contributed by atoms with E-state index in [1.807, 2.05) is 18.2 Å². The molecule has 1 fully saturated rings. The van der Waals surface area contributed by atoms with Crippen LogP contribution < -0.4 is 0 Å². The molecule has 0 amide bonds. The fourth-order valence-corrected chi connectivity index (χ4v) is 3.45. The first-order chi connectivity index (χ1) is 8.27. The molecular formula is C13H17BrN2S. The molecule has 1 heterocycles. The fourth-order valence-electron chi connectivity index (χ4n) is 1.96. The van der Waals surface area contributed by atoms with Gasteiger partial charge in [-0.15, -0.1) is 11.8 Å². The van der Waals surface area contributed by atoms with Crippen molar-refractivity contribution in [1.82, 2.24) is 4.90 Å². The first-order valence-corrected chi connectivity index (χ1v) is 7.75. The quantitative estimate of drug-likeness (QED) is 0.519. The van der Waals surface area contributed by atoms with Crippen LogP contribution in [0.4, 0.5) is 0 Å². The molecule has 0 radical (unpaired) electrons. The van der Waals surface area contributed by atoms with E-state index in [-0.39, 0.29) is 0 Å². The van der Waals surface area contributed by atoms with E-state index in [1.54, 1.807) is 11.8 Å². The van der Waals surface area contributed by atoms with Crippen molar-refractivity contribution in [2.75, 3.05) is 18.8 Å². The van der Waals surface area contributed by atoms with Crippen molar-refractivity contribution in [2.24, 2.45) is 0 Å². The van der Waals surface area contributed by atoms with Gasteiger partial charge >= 0.3 is 0 Å². The Bertz CT molecular complexity index is 389. The summed E-state index contributed by atoms with van der Waals surface area (Å²) in [4.78, 5) is 3.43. The van der Waals surface area contributed by atoms with Gasteiger partial charge in [-0.25, -0.2) is 0 Å². The van der Waals surface area contributed by atoms with Crippen LogP contribution in [0.3, 0.4) is 0 Å². The Morgan fingerprint density at radius 1 is 1.24 bits per heavy atom. The number of nitrogens with zero attached hydrogens (tertiary/aromatic N) is 1. The molecule has 4 heteroatoms. The lowest BCUT2D eigenvalue weighted by Gasteiger charge is -2.28. The third kappa shape index (κ3) is 3.75. The molecule has 1 saturated heterocycles. The van der Waals surface area contributed by atoms with Crippen molar-refractivity contribution in [3.05, 3.63) is 28.7 Å². The summed E-state index contributed by atoms with van der Waals surface area (Å²) in [5.74, 6) is 1.54. The summed E-state index contributed by atoms with van der Waals surface area (Å²) in [5.41, 5.74) is 0. The zero-order valence-corrected chi connectivity index (χ0v) is 12.2. The number of thioether (sulfide) groups is 1. The third-order valence-electron chi connectivity index (χ3n) is 2.94. The molecule has 0 saturated carbocycles. The molecule has 0 unspecified atom stereocenters. The molecule has 1 aliphatic rings. The molecule has 0 bridgehead atoms. The van der Waals surface area contributed by atoms with Gasteiger partial charge in [0, 0.05) is 22.5 Å². The Balaban J connectivity index is 1.85. The zero-order valence-electron chi connectivity index (χ0n) is 9.79. The molecule has 1 N–H and O–H groups in total. The standard InChI is InChI=1S/C13H17BrN2S/c14-11-6-2-3-7-12(11)17-10-13(15)16-8-4-1-5-9-16/h2-3,6-7,15H,1,4-5,8-10H2. The van der Waals surface area contributed by atoms with Crippen molar-refractivity contribution in [3.63, 3.8) is 0 Å². The number of amidine groups is 1. The second-order valence-corrected chi connectivity index (χ2v) is 6.09. The largest absolute Gasteiger partial charge is 0.360 e. The van der Waals surface area contributed by atoms with Crippen molar-refractivity contribution in [1.29, 1.82) is 5.41 Å². The molecule has 1 aliphatic heterocycles. The summed E-state index contributed by atoms with van der Waals surface area (Å²) in [6, 6.07) is 8.20. The lowest BCUT2D eigenvalue weighted by Crippen LogP contribution is -2.36. The number of rotatable bonds is 3. The average molecular weight is 313 g/mol. The van der Waals surface area contributed by atoms with Crippen LogP contribution in [0.25, 0.3) is 0 Å². The Morgan fingerprint density at radius 3 is 2.65 bits per heavy atom. The van der Waals surface area contributed by atoms with Crippen molar-refractivity contribution >= 4 is 33.5 Å². The SMILES string of the molecule is N=C(CSc1ccccc1Br)N1CCCCC1. The maximum atomic E-state index is 8.09. The van der Waals surface area contributed by atoms with Gasteiger partial charge in [-0.3, -0.25) is 5.41 Å². The highest BCUT2D eigenvalue weighted by Crippen LogP contribution is 2.27. The van der Waals surface area contributed by atoms with Crippen molar-refractivity contribution < 1.29 is 0 Å². The second kappa shape index (κ2) is 6.45. The number of likely N-dealkylation sites (tertiary alicyclic amines) is 1. The third-order valence-corrected chi connectivity index (χ3v) is 4.98. The molecule has 2 rings (SSSR count). The number of benzene rings is 1. The van der Waals surface area contributed by atoms with E-state index in [9.17, 15) is 0 Å². The summed E-state index contributed by atoms with van der Waals surface area (Å²) in [6.07, 6.45) is 3.80. The van der Waals surface area contributed by atoms with Gasteiger partial charge in [0.15, 0.2) is 0 Å². The predicted molar refractivity (Wildman–Crippen MR) is 78.0 cm³/mol. The molecular weight excluding hydrogens is 296 g/mol. The first kappa shape index (κ1) is 13.0. The minimum atomic E-state index is 0.766. The molecule has 2 nitrogen and oxygen atoms in total. The molecule has 0 aromatic heterocycles. The minimum Gasteiger partial charge on any atom is -0.360 e. The Kier molecular flexibility index (Phi) is 4.92. The molecule has 0 spiro atoms. The highest BCUT2D eigenvalue weighted by Gasteiger charge is 2.13. The van der Waals surface area contributed by atoms with Crippen LogP contribution in [0.5, 0.6) is 0 Å². The summed E-state index contributed by atoms with van der Waals surface area (Å²) in [5, 5.41) is 8.09. The van der Waals surface area contributed by atoms with Crippen LogP contribution in [0.2, 0.25) is 0 Å². The Labute approximate surface area is 115 Å². The van der Waals surface area contributed by atoms with Crippen molar-refractivity contribution in [2.45, 2.75) is 24.2 Å². The van der Waals surface area contributed by atoms with E-state index < -0.39 is 0 Å². The summed E-state index contributed by atoms with van der Waals surface area (Å²) < 4.78 is 1.12. The van der Waals surface area contributed by atoms with Crippen molar-refractivity contribution in [3.8, 4) is 0 Å². The van der Waals surface area contributed by atoms with E-state index in [4.69, 9.17) is 5.41 Å². The second-order valence-electron chi connectivity index (χ2n) is 4.21. The number of halogens is 1. The van der Waals surface area contributed by atoms with Crippen LogP contribution in [-0.4, -0.2) is 29.6 Å². The molecule has 92 valence electrons. The van der Waals surface area contributed by atoms with E-state index in [0.717, 1.165) is 29.2 Å². The lowest BCUT2D eigenvalue weighted by atomic mass is 10.1. The highest BCUT2D eigenvalue weighted by molar-refractivity contribution is 9.10. The predicted octanol–water partition coefficient (Wildman–Crippen LogP) is 4.00. The highest BCUT2D eigenvalue weighted by atomic mass is 79.9. The Morgan fingerprint density at radius 2 is 1.94 bits per heavy atom. The van der Waals surface area contributed by atoms with Gasteiger partial charge in [0.25, 0.3) is 0 Å². The molecule has 0 aliphatic carbocycles. The van der Waals surface area contributed by atoms with Gasteiger partial charge in [-0.1, -0.05) is 12.1 Å². The Hall–Kier alpha value is -0.480. The number of piperidine rings is 1. The van der Waals surface area contributed by atoms with Crippen LogP contribution >= 0.6 is 27.7 Å². The topological polar surface area (TPSA) is 27.1 Å². The maximum Gasteiger partial charge on any atom is 0.106 e. The summed E-state index contributed by atoms with van der Waals surface area (Å²) in [7, 11) is 0. The van der Waals surface area contributed by atoms with Crippen LogP contribution in [0.15, 0.2) is 33.6 Å². The molecule has 1 aromatic carbocycles. The zero-order chi connectivity index (χ0) is 12.1. The summed E-state index contributed by atoms with van der Waals surface area (Å²) in [6.45, 7) is 2.13. The maximum absolute atomic E-state index is 8.09. The van der Waals surface area contributed by atoms with E-state index in [0.29, 0.717) is 0 Å². The van der Waals surface area contributed by atoms with Crippen LogP contribution in [0.1, 0.15) is 19.3 Å². The van der Waals surface area contributed by atoms with E-state index >= 15 is 0 Å². The van der Waals surface area contributed by atoms with Gasteiger partial charge < -0.3 is 4.90 Å². The number of hydrogen-bond donors (Lipinski definition) is 1. The number of hydrogen-bond acceptors (Lipinski definition) is 2. The van der Waals surface area contributed by atoms with Gasteiger partial charge in [0.1, 0.15) is 5.84 Å². The van der Waals surface area contributed by atoms with E-state index in [2.05, 4.69) is 26.9 Å². The smallest absolute Gasteiger partial charge is 0.106 e. The van der Waals surface area contributed by atoms with Crippen LogP contribution in [-0.2, 0) is 0 Å². The number of nitrogens with one attached hydrogen (secondary N) is 1. The average Bonchev–Trinajstić information content (AvgIpc) is 2.38. The summed E-state index contributed by atoms with van der Waals surface area (Å²) >= 11 is 5.27. The fraction of sp³-hybridized carbons (Fsp3) is 0.462. The monoisotopic (exact) mass is 312 g/mol. The molecule has 1 aromatic rings. The molecule has 0 atom stereocenters. The van der Waals surface area contributed by atoms with Gasteiger partial charge in [-0.2, -0.15) is 0 Å². The first-order valence-electron chi connectivity index (χ1n) is 5.97. The van der Waals surface area contributed by atoms with E-state index in [1.165, 1.54) is 24.2 Å². The normalized spacial score (nSPS) is 15.9. The molecule has 17 heavy (non-hydrogen) atoms. The minimum absolute atomic E-state index is 0.766. The van der Waals surface area contributed by atoms with Crippen LogP contribution in [0, 0.1) is 5.41 Å². The van der Waals surface area contributed by atoms with Gasteiger partial charge in [0.05, 0.1) is 5.75 Å².